The van der Waals surface area contributed by atoms with Crippen LogP contribution in [0.4, 0.5) is 0 Å². The van der Waals surface area contributed by atoms with Crippen LogP contribution in [0.15, 0.2) is 42.5 Å². The summed E-state index contributed by atoms with van der Waals surface area (Å²) in [6, 6.07) is 13.9. The van der Waals surface area contributed by atoms with E-state index in [9.17, 15) is 4.79 Å². The number of ether oxygens (including phenoxy) is 3. The average Bonchev–Trinajstić information content (AvgIpc) is 3.30. The molecule has 0 aliphatic carbocycles. The number of hydrogen-bond donors (Lipinski definition) is 0. The third-order valence-corrected chi connectivity index (χ3v) is 6.67. The molecule has 2 aliphatic heterocycles. The minimum Gasteiger partial charge on any atom is -0.483 e. The molecule has 0 atom stereocenters. The number of fused-ring (bicyclic) bond motifs is 2. The third-order valence-electron chi connectivity index (χ3n) is 5.74. The number of thiazole rings is 1. The molecular weight excluding hydrogens is 412 g/mol. The number of carbonyl (C=O) groups is 1. The van der Waals surface area contributed by atoms with Crippen LogP contribution in [0.1, 0.15) is 32.3 Å². The maximum atomic E-state index is 12.7. The van der Waals surface area contributed by atoms with Crippen LogP contribution in [-0.4, -0.2) is 47.2 Å². The summed E-state index contributed by atoms with van der Waals surface area (Å²) in [5.41, 5.74) is 1.85. The Balaban J connectivity index is 1.13. The second kappa shape index (κ2) is 8.04. The molecule has 0 radical (unpaired) electrons. The maximum absolute atomic E-state index is 12.7. The molecule has 162 valence electrons. The van der Waals surface area contributed by atoms with E-state index in [4.69, 9.17) is 14.2 Å². The monoisotopic (exact) mass is 438 g/mol. The van der Waals surface area contributed by atoms with Crippen molar-refractivity contribution in [2.75, 3.05) is 19.7 Å². The molecule has 0 saturated carbocycles. The number of piperidine rings is 1. The van der Waals surface area contributed by atoms with E-state index in [1.54, 1.807) is 11.3 Å². The van der Waals surface area contributed by atoms with E-state index in [1.807, 2.05) is 35.2 Å². The van der Waals surface area contributed by atoms with Gasteiger partial charge in [-0.3, -0.25) is 4.79 Å². The summed E-state index contributed by atoms with van der Waals surface area (Å²) in [5, 5.41) is 0.704. The molecule has 6 nitrogen and oxygen atoms in total. The minimum atomic E-state index is -0.239. The van der Waals surface area contributed by atoms with Crippen LogP contribution in [0, 0.1) is 0 Å². The Hall–Kier alpha value is -2.80. The zero-order valence-corrected chi connectivity index (χ0v) is 18.6. The Kier molecular flexibility index (Phi) is 5.22. The van der Waals surface area contributed by atoms with Crippen LogP contribution in [0.5, 0.6) is 16.7 Å². The van der Waals surface area contributed by atoms with E-state index in [-0.39, 0.29) is 24.2 Å². The van der Waals surface area contributed by atoms with E-state index < -0.39 is 0 Å². The number of aromatic nitrogens is 1. The molecule has 2 aromatic carbocycles. The molecule has 1 amide bonds. The number of hydrogen-bond acceptors (Lipinski definition) is 6. The number of rotatable bonds is 5. The molecule has 1 fully saturated rings. The smallest absolute Gasteiger partial charge is 0.274 e. The molecule has 0 spiro atoms. The third kappa shape index (κ3) is 4.32. The molecule has 1 aromatic heterocycles. The number of amides is 1. The lowest BCUT2D eigenvalue weighted by Gasteiger charge is -2.31. The summed E-state index contributed by atoms with van der Waals surface area (Å²) in [6.07, 6.45) is 2.51. The van der Waals surface area contributed by atoms with Gasteiger partial charge in [0.05, 0.1) is 10.2 Å². The minimum absolute atomic E-state index is 0.00621. The van der Waals surface area contributed by atoms with Gasteiger partial charge in [0.15, 0.2) is 18.1 Å². The van der Waals surface area contributed by atoms with Crippen molar-refractivity contribution >= 4 is 27.5 Å². The number of benzene rings is 2. The van der Waals surface area contributed by atoms with Gasteiger partial charge in [0, 0.05) is 37.9 Å². The number of para-hydroxylation sites is 2. The van der Waals surface area contributed by atoms with Crippen molar-refractivity contribution < 1.29 is 19.0 Å². The molecule has 0 unspecified atom stereocenters. The summed E-state index contributed by atoms with van der Waals surface area (Å²) < 4.78 is 19.1. The molecule has 31 heavy (non-hydrogen) atoms. The van der Waals surface area contributed by atoms with Crippen molar-refractivity contribution in [1.29, 1.82) is 0 Å². The molecule has 0 bridgehead atoms. The summed E-state index contributed by atoms with van der Waals surface area (Å²) in [7, 11) is 0. The number of nitrogens with zero attached hydrogens (tertiary/aromatic N) is 2. The fourth-order valence-corrected chi connectivity index (χ4v) is 5.08. The number of likely N-dealkylation sites (tertiary alicyclic amines) is 1. The highest BCUT2D eigenvalue weighted by atomic mass is 32.1. The molecule has 3 heterocycles. The van der Waals surface area contributed by atoms with E-state index in [0.717, 1.165) is 40.8 Å². The lowest BCUT2D eigenvalue weighted by atomic mass is 10.0. The molecule has 3 aromatic rings. The van der Waals surface area contributed by atoms with E-state index in [0.29, 0.717) is 24.0 Å². The highest BCUT2D eigenvalue weighted by molar-refractivity contribution is 7.20. The number of carbonyl (C=O) groups excluding carboxylic acids is 1. The first kappa shape index (κ1) is 20.1. The predicted octanol–water partition coefficient (Wildman–Crippen LogP) is 4.46. The van der Waals surface area contributed by atoms with Crippen LogP contribution in [0.3, 0.4) is 0 Å². The summed E-state index contributed by atoms with van der Waals surface area (Å²) in [6.45, 7) is 5.46. The van der Waals surface area contributed by atoms with Crippen molar-refractivity contribution in [3.8, 4) is 16.7 Å². The Morgan fingerprint density at radius 2 is 2.00 bits per heavy atom. The van der Waals surface area contributed by atoms with Gasteiger partial charge in [0.1, 0.15) is 11.7 Å². The van der Waals surface area contributed by atoms with Gasteiger partial charge in [-0.2, -0.15) is 0 Å². The van der Waals surface area contributed by atoms with E-state index in [2.05, 4.69) is 31.0 Å². The molecule has 0 N–H and O–H groups in total. The fourth-order valence-electron chi connectivity index (χ4n) is 4.20. The molecule has 2 aliphatic rings. The molecular formula is C24H26N2O4S. The maximum Gasteiger partial charge on any atom is 0.274 e. The van der Waals surface area contributed by atoms with Gasteiger partial charge in [0.25, 0.3) is 11.1 Å². The van der Waals surface area contributed by atoms with Gasteiger partial charge >= 0.3 is 0 Å². The average molecular weight is 439 g/mol. The first-order valence-corrected chi connectivity index (χ1v) is 11.5. The van der Waals surface area contributed by atoms with Crippen LogP contribution < -0.4 is 14.2 Å². The van der Waals surface area contributed by atoms with Crippen LogP contribution >= 0.6 is 11.3 Å². The van der Waals surface area contributed by atoms with Gasteiger partial charge in [-0.25, -0.2) is 4.98 Å². The van der Waals surface area contributed by atoms with Crippen LogP contribution in [-0.2, 0) is 11.2 Å². The SMILES string of the molecule is CC1(C)Cc2cccc(OCC(=O)N3CCC(Oc4nc5ccccc5s4)CC3)c2O1. The summed E-state index contributed by atoms with van der Waals surface area (Å²) in [5.74, 6) is 1.40. The first-order valence-electron chi connectivity index (χ1n) is 10.7. The molecule has 5 rings (SSSR count). The second-order valence-electron chi connectivity index (χ2n) is 8.72. The molecule has 7 heteroatoms. The van der Waals surface area contributed by atoms with Gasteiger partial charge < -0.3 is 19.1 Å². The lowest BCUT2D eigenvalue weighted by Crippen LogP contribution is -2.43. The van der Waals surface area contributed by atoms with Gasteiger partial charge in [-0.05, 0) is 32.0 Å². The molecule has 1 saturated heterocycles. The second-order valence-corrected chi connectivity index (χ2v) is 9.71. The lowest BCUT2D eigenvalue weighted by molar-refractivity contribution is -0.135. The Morgan fingerprint density at radius 3 is 2.81 bits per heavy atom. The summed E-state index contributed by atoms with van der Waals surface area (Å²) in [4.78, 5) is 19.1. The van der Waals surface area contributed by atoms with Gasteiger partial charge in [0.2, 0.25) is 0 Å². The van der Waals surface area contributed by atoms with Gasteiger partial charge in [-0.15, -0.1) is 0 Å². The fraction of sp³-hybridized carbons (Fsp3) is 0.417. The van der Waals surface area contributed by atoms with Crippen molar-refractivity contribution in [2.45, 2.75) is 44.8 Å². The van der Waals surface area contributed by atoms with Crippen molar-refractivity contribution in [3.63, 3.8) is 0 Å². The first-order chi connectivity index (χ1) is 15.0. The van der Waals surface area contributed by atoms with Gasteiger partial charge in [-0.1, -0.05) is 35.6 Å². The predicted molar refractivity (Wildman–Crippen MR) is 120 cm³/mol. The van der Waals surface area contributed by atoms with Crippen LogP contribution in [0.2, 0.25) is 0 Å². The van der Waals surface area contributed by atoms with E-state index in [1.165, 1.54) is 0 Å². The van der Waals surface area contributed by atoms with Crippen molar-refractivity contribution in [1.82, 2.24) is 9.88 Å². The Labute approximate surface area is 185 Å². The largest absolute Gasteiger partial charge is 0.483 e. The summed E-state index contributed by atoms with van der Waals surface area (Å²) >= 11 is 1.57. The zero-order valence-electron chi connectivity index (χ0n) is 17.8. The zero-order chi connectivity index (χ0) is 21.4. The standard InChI is InChI=1S/C24H26N2O4S/c1-24(2)14-16-6-5-8-19(22(16)30-24)28-15-21(27)26-12-10-17(11-13-26)29-23-25-18-7-3-4-9-20(18)31-23/h3-9,17H,10-15H2,1-2H3. The van der Waals surface area contributed by atoms with Crippen molar-refractivity contribution in [3.05, 3.63) is 48.0 Å². The highest BCUT2D eigenvalue weighted by Crippen LogP contribution is 2.41. The quantitative estimate of drug-likeness (QED) is 0.589. The van der Waals surface area contributed by atoms with Crippen molar-refractivity contribution in [2.24, 2.45) is 0 Å². The Morgan fingerprint density at radius 1 is 1.19 bits per heavy atom. The van der Waals surface area contributed by atoms with E-state index >= 15 is 0 Å². The Bertz CT molecular complexity index is 1070. The topological polar surface area (TPSA) is 60.9 Å². The normalized spacial score (nSPS) is 17.9. The highest BCUT2D eigenvalue weighted by Gasteiger charge is 2.32. The van der Waals surface area contributed by atoms with Crippen LogP contribution in [0.25, 0.3) is 10.2 Å².